The van der Waals surface area contributed by atoms with Gasteiger partial charge in [0.25, 0.3) is 0 Å². The molecule has 0 fully saturated rings. The summed E-state index contributed by atoms with van der Waals surface area (Å²) >= 11 is 0. The van der Waals surface area contributed by atoms with Gasteiger partial charge in [0.2, 0.25) is 0 Å². The summed E-state index contributed by atoms with van der Waals surface area (Å²) in [5.41, 5.74) is 1.33. The van der Waals surface area contributed by atoms with E-state index in [1.807, 2.05) is 13.8 Å². The zero-order chi connectivity index (χ0) is 13.9. The summed E-state index contributed by atoms with van der Waals surface area (Å²) in [5, 5.41) is 0. The van der Waals surface area contributed by atoms with E-state index in [1.54, 1.807) is 6.07 Å². The number of rotatable bonds is 4. The van der Waals surface area contributed by atoms with Gasteiger partial charge in [-0.2, -0.15) is 13.2 Å². The van der Waals surface area contributed by atoms with E-state index < -0.39 is 11.7 Å². The Hall–Kier alpha value is -0.990. The Labute approximate surface area is 107 Å². The molecular formula is C15H21F3. The van der Waals surface area contributed by atoms with Crippen LogP contribution in [0.2, 0.25) is 0 Å². The van der Waals surface area contributed by atoms with Crippen molar-refractivity contribution >= 4 is 0 Å². The fourth-order valence-electron chi connectivity index (χ4n) is 2.01. The van der Waals surface area contributed by atoms with Crippen LogP contribution in [0.3, 0.4) is 0 Å². The van der Waals surface area contributed by atoms with Crippen LogP contribution >= 0.6 is 0 Å². The fraction of sp³-hybridized carbons (Fsp3) is 0.600. The third-order valence-electron chi connectivity index (χ3n) is 3.36. The molecule has 0 heterocycles. The minimum Gasteiger partial charge on any atom is -0.166 e. The van der Waals surface area contributed by atoms with E-state index in [4.69, 9.17) is 0 Å². The third-order valence-corrected chi connectivity index (χ3v) is 3.36. The molecule has 0 aromatic heterocycles. The molecule has 1 aromatic carbocycles. The van der Waals surface area contributed by atoms with Crippen LogP contribution < -0.4 is 0 Å². The summed E-state index contributed by atoms with van der Waals surface area (Å²) in [6, 6.07) is 4.15. The van der Waals surface area contributed by atoms with Gasteiger partial charge in [-0.05, 0) is 41.5 Å². The highest BCUT2D eigenvalue weighted by atomic mass is 19.4. The van der Waals surface area contributed by atoms with E-state index >= 15 is 0 Å². The Kier molecular flexibility index (Phi) is 4.83. The molecular weight excluding hydrogens is 237 g/mol. The van der Waals surface area contributed by atoms with Gasteiger partial charge < -0.3 is 0 Å². The highest BCUT2D eigenvalue weighted by molar-refractivity contribution is 5.35. The van der Waals surface area contributed by atoms with Gasteiger partial charge in [0.15, 0.2) is 0 Å². The molecule has 0 radical (unpaired) electrons. The Morgan fingerprint density at radius 2 is 1.72 bits per heavy atom. The van der Waals surface area contributed by atoms with E-state index in [2.05, 4.69) is 13.8 Å². The SMILES string of the molecule is CCC(C)Cc1ccc(C(F)(F)F)cc1C(C)C. The molecule has 0 amide bonds. The van der Waals surface area contributed by atoms with Gasteiger partial charge in [0, 0.05) is 0 Å². The van der Waals surface area contributed by atoms with Crippen molar-refractivity contribution in [2.75, 3.05) is 0 Å². The number of hydrogen-bond acceptors (Lipinski definition) is 0. The van der Waals surface area contributed by atoms with Gasteiger partial charge in [-0.25, -0.2) is 0 Å². The smallest absolute Gasteiger partial charge is 0.166 e. The van der Waals surface area contributed by atoms with Crippen molar-refractivity contribution in [3.63, 3.8) is 0 Å². The van der Waals surface area contributed by atoms with Gasteiger partial charge in [0.05, 0.1) is 5.56 Å². The topological polar surface area (TPSA) is 0 Å². The van der Waals surface area contributed by atoms with Crippen LogP contribution in [0, 0.1) is 5.92 Å². The predicted octanol–water partition coefficient (Wildman–Crippen LogP) is 5.42. The second-order valence-electron chi connectivity index (χ2n) is 5.28. The van der Waals surface area contributed by atoms with Crippen LogP contribution in [0.1, 0.15) is 56.7 Å². The lowest BCUT2D eigenvalue weighted by Crippen LogP contribution is -2.09. The number of halogens is 3. The van der Waals surface area contributed by atoms with Crippen LogP contribution in [-0.4, -0.2) is 0 Å². The normalized spacial score (nSPS) is 14.0. The molecule has 1 rings (SSSR count). The minimum absolute atomic E-state index is 0.117. The van der Waals surface area contributed by atoms with Crippen LogP contribution in [0.15, 0.2) is 18.2 Å². The first-order chi connectivity index (χ1) is 8.25. The Morgan fingerprint density at radius 1 is 1.11 bits per heavy atom. The lowest BCUT2D eigenvalue weighted by Gasteiger charge is -2.18. The van der Waals surface area contributed by atoms with Crippen LogP contribution in [0.25, 0.3) is 0 Å². The van der Waals surface area contributed by atoms with Crippen molar-refractivity contribution in [1.82, 2.24) is 0 Å². The Bertz CT molecular complexity index is 391. The van der Waals surface area contributed by atoms with Gasteiger partial charge in [-0.1, -0.05) is 40.2 Å². The zero-order valence-corrected chi connectivity index (χ0v) is 11.4. The van der Waals surface area contributed by atoms with Gasteiger partial charge in [-0.15, -0.1) is 0 Å². The Morgan fingerprint density at radius 3 is 2.17 bits per heavy atom. The van der Waals surface area contributed by atoms with Crippen molar-refractivity contribution in [2.45, 2.75) is 52.6 Å². The first kappa shape index (κ1) is 15.1. The van der Waals surface area contributed by atoms with E-state index in [-0.39, 0.29) is 5.92 Å². The molecule has 1 atom stereocenters. The zero-order valence-electron chi connectivity index (χ0n) is 11.4. The molecule has 0 bridgehead atoms. The molecule has 0 aliphatic carbocycles. The standard InChI is InChI=1S/C15H21F3/c1-5-11(4)8-12-6-7-13(15(16,17)18)9-14(12)10(2)3/h6-7,9-11H,5,8H2,1-4H3. The molecule has 3 heteroatoms. The van der Waals surface area contributed by atoms with Gasteiger partial charge >= 0.3 is 6.18 Å². The van der Waals surface area contributed by atoms with Crippen molar-refractivity contribution in [3.05, 3.63) is 34.9 Å². The number of benzene rings is 1. The van der Waals surface area contributed by atoms with Crippen LogP contribution in [-0.2, 0) is 12.6 Å². The number of hydrogen-bond donors (Lipinski definition) is 0. The van der Waals surface area contributed by atoms with Crippen molar-refractivity contribution in [1.29, 1.82) is 0 Å². The second-order valence-corrected chi connectivity index (χ2v) is 5.28. The molecule has 0 nitrogen and oxygen atoms in total. The maximum Gasteiger partial charge on any atom is 0.416 e. The fourth-order valence-corrected chi connectivity index (χ4v) is 2.01. The highest BCUT2D eigenvalue weighted by Crippen LogP contribution is 2.33. The Balaban J connectivity index is 3.13. The first-order valence-corrected chi connectivity index (χ1v) is 6.45. The molecule has 1 unspecified atom stereocenters. The van der Waals surface area contributed by atoms with E-state index in [1.165, 1.54) is 12.1 Å². The van der Waals surface area contributed by atoms with Gasteiger partial charge in [-0.3, -0.25) is 0 Å². The molecule has 0 spiro atoms. The lowest BCUT2D eigenvalue weighted by molar-refractivity contribution is -0.137. The summed E-state index contributed by atoms with van der Waals surface area (Å²) in [4.78, 5) is 0. The maximum absolute atomic E-state index is 12.7. The quantitative estimate of drug-likeness (QED) is 0.676. The molecule has 0 saturated carbocycles. The molecule has 0 saturated heterocycles. The maximum atomic E-state index is 12.7. The summed E-state index contributed by atoms with van der Waals surface area (Å²) in [7, 11) is 0. The second kappa shape index (κ2) is 5.77. The largest absolute Gasteiger partial charge is 0.416 e. The molecule has 0 aliphatic heterocycles. The van der Waals surface area contributed by atoms with E-state index in [0.717, 1.165) is 24.0 Å². The van der Waals surface area contributed by atoms with Crippen LogP contribution in [0.5, 0.6) is 0 Å². The minimum atomic E-state index is -4.25. The molecule has 18 heavy (non-hydrogen) atoms. The average Bonchev–Trinajstić information content (AvgIpc) is 2.27. The monoisotopic (exact) mass is 258 g/mol. The molecule has 1 aromatic rings. The van der Waals surface area contributed by atoms with Gasteiger partial charge in [0.1, 0.15) is 0 Å². The first-order valence-electron chi connectivity index (χ1n) is 6.45. The summed E-state index contributed by atoms with van der Waals surface area (Å²) in [6.07, 6.45) is -2.36. The summed E-state index contributed by atoms with van der Waals surface area (Å²) < 4.78 is 38.1. The predicted molar refractivity (Wildman–Crippen MR) is 68.7 cm³/mol. The number of alkyl halides is 3. The lowest BCUT2D eigenvalue weighted by atomic mass is 9.89. The molecule has 102 valence electrons. The van der Waals surface area contributed by atoms with E-state index in [9.17, 15) is 13.2 Å². The summed E-state index contributed by atoms with van der Waals surface area (Å²) in [5.74, 6) is 0.616. The highest BCUT2D eigenvalue weighted by Gasteiger charge is 2.31. The summed E-state index contributed by atoms with van der Waals surface area (Å²) in [6.45, 7) is 8.11. The van der Waals surface area contributed by atoms with Crippen molar-refractivity contribution in [3.8, 4) is 0 Å². The van der Waals surface area contributed by atoms with Crippen molar-refractivity contribution in [2.24, 2.45) is 5.92 Å². The molecule has 0 aliphatic rings. The van der Waals surface area contributed by atoms with Crippen LogP contribution in [0.4, 0.5) is 13.2 Å². The average molecular weight is 258 g/mol. The van der Waals surface area contributed by atoms with E-state index in [0.29, 0.717) is 5.92 Å². The van der Waals surface area contributed by atoms with Crippen molar-refractivity contribution < 1.29 is 13.2 Å². The third kappa shape index (κ3) is 3.76. The molecule has 0 N–H and O–H groups in total.